The molecule has 3 heteroatoms. The normalized spacial score (nSPS) is 12.9. The minimum Gasteiger partial charge on any atom is -0.507 e. The van der Waals surface area contributed by atoms with E-state index < -0.39 is 0 Å². The van der Waals surface area contributed by atoms with Gasteiger partial charge < -0.3 is 15.9 Å². The third-order valence-corrected chi connectivity index (χ3v) is 2.62. The highest BCUT2D eigenvalue weighted by molar-refractivity contribution is 5.95. The van der Waals surface area contributed by atoms with Crippen molar-refractivity contribution in [1.29, 1.82) is 0 Å². The van der Waals surface area contributed by atoms with Gasteiger partial charge in [0.05, 0.1) is 0 Å². The van der Waals surface area contributed by atoms with E-state index in [1.54, 1.807) is 30.3 Å². The SMILES string of the molecule is CC(N)Cc1ccc(O)c2cccc(O)c12. The third kappa shape index (κ3) is 1.82. The Balaban J connectivity index is 2.71. The molecule has 4 N–H and O–H groups in total. The fourth-order valence-corrected chi connectivity index (χ4v) is 1.96. The number of hydrogen-bond acceptors (Lipinski definition) is 3. The molecule has 0 amide bonds. The highest BCUT2D eigenvalue weighted by Gasteiger charge is 2.10. The number of phenols is 2. The van der Waals surface area contributed by atoms with E-state index in [-0.39, 0.29) is 17.5 Å². The Labute approximate surface area is 94.1 Å². The van der Waals surface area contributed by atoms with Crippen LogP contribution in [-0.4, -0.2) is 16.3 Å². The molecule has 2 aromatic carbocycles. The van der Waals surface area contributed by atoms with Crippen LogP contribution in [0.3, 0.4) is 0 Å². The Bertz CT molecular complexity index is 521. The van der Waals surface area contributed by atoms with E-state index in [2.05, 4.69) is 0 Å². The van der Waals surface area contributed by atoms with Gasteiger partial charge in [-0.3, -0.25) is 0 Å². The summed E-state index contributed by atoms with van der Waals surface area (Å²) in [6, 6.07) is 8.58. The lowest BCUT2D eigenvalue weighted by molar-refractivity contribution is 0.475. The first kappa shape index (κ1) is 10.8. The predicted octanol–water partition coefficient (Wildman–Crippen LogP) is 2.14. The van der Waals surface area contributed by atoms with Crippen LogP contribution in [0.15, 0.2) is 30.3 Å². The summed E-state index contributed by atoms with van der Waals surface area (Å²) >= 11 is 0. The van der Waals surface area contributed by atoms with Crippen LogP contribution < -0.4 is 5.73 Å². The van der Waals surface area contributed by atoms with Crippen LogP contribution in [-0.2, 0) is 6.42 Å². The standard InChI is InChI=1S/C13H15NO2/c1-8(14)7-9-5-6-11(15)10-3-2-4-12(16)13(9)10/h2-6,8,15-16H,7,14H2,1H3. The second-order valence-corrected chi connectivity index (χ2v) is 4.12. The summed E-state index contributed by atoms with van der Waals surface area (Å²) in [7, 11) is 0. The molecule has 84 valence electrons. The third-order valence-electron chi connectivity index (χ3n) is 2.62. The quantitative estimate of drug-likeness (QED) is 0.722. The highest BCUT2D eigenvalue weighted by atomic mass is 16.3. The first-order valence-electron chi connectivity index (χ1n) is 5.27. The maximum atomic E-state index is 9.84. The lowest BCUT2D eigenvalue weighted by Crippen LogP contribution is -2.17. The monoisotopic (exact) mass is 217 g/mol. The van der Waals surface area contributed by atoms with Crippen molar-refractivity contribution < 1.29 is 10.2 Å². The van der Waals surface area contributed by atoms with E-state index in [1.165, 1.54) is 0 Å². The minimum absolute atomic E-state index is 0.0207. The summed E-state index contributed by atoms with van der Waals surface area (Å²) in [5.41, 5.74) is 6.72. The first-order chi connectivity index (χ1) is 7.59. The number of hydrogen-bond donors (Lipinski definition) is 3. The fourth-order valence-electron chi connectivity index (χ4n) is 1.96. The topological polar surface area (TPSA) is 66.5 Å². The highest BCUT2D eigenvalue weighted by Crippen LogP contribution is 2.34. The van der Waals surface area contributed by atoms with Crippen molar-refractivity contribution in [2.24, 2.45) is 5.73 Å². The van der Waals surface area contributed by atoms with Crippen LogP contribution in [0.4, 0.5) is 0 Å². The van der Waals surface area contributed by atoms with Crippen molar-refractivity contribution in [3.8, 4) is 11.5 Å². The second-order valence-electron chi connectivity index (χ2n) is 4.12. The molecule has 0 bridgehead atoms. The molecule has 0 heterocycles. The maximum absolute atomic E-state index is 9.84. The number of aromatic hydroxyl groups is 2. The summed E-state index contributed by atoms with van der Waals surface area (Å²) in [6.45, 7) is 1.92. The van der Waals surface area contributed by atoms with Crippen molar-refractivity contribution in [1.82, 2.24) is 0 Å². The molecule has 2 aromatic rings. The van der Waals surface area contributed by atoms with Crippen molar-refractivity contribution in [3.63, 3.8) is 0 Å². The van der Waals surface area contributed by atoms with Gasteiger partial charge in [-0.1, -0.05) is 18.2 Å². The molecule has 0 aliphatic carbocycles. The van der Waals surface area contributed by atoms with Gasteiger partial charge in [-0.15, -0.1) is 0 Å². The van der Waals surface area contributed by atoms with E-state index in [1.807, 2.05) is 6.92 Å². The van der Waals surface area contributed by atoms with Crippen LogP contribution in [0, 0.1) is 0 Å². The number of benzene rings is 2. The van der Waals surface area contributed by atoms with Gasteiger partial charge in [-0.05, 0) is 31.0 Å². The molecular formula is C13H15NO2. The molecule has 0 saturated heterocycles. The Morgan fingerprint density at radius 2 is 1.88 bits per heavy atom. The predicted molar refractivity (Wildman–Crippen MR) is 64.6 cm³/mol. The summed E-state index contributed by atoms with van der Waals surface area (Å²) in [5.74, 6) is 0.364. The van der Waals surface area contributed by atoms with Gasteiger partial charge in [0.2, 0.25) is 0 Å². The van der Waals surface area contributed by atoms with Crippen LogP contribution in [0.2, 0.25) is 0 Å². The molecule has 0 aromatic heterocycles. The zero-order valence-electron chi connectivity index (χ0n) is 9.14. The molecular weight excluding hydrogens is 202 g/mol. The van der Waals surface area contributed by atoms with Gasteiger partial charge in [0.1, 0.15) is 11.5 Å². The largest absolute Gasteiger partial charge is 0.507 e. The van der Waals surface area contributed by atoms with Gasteiger partial charge >= 0.3 is 0 Å². The van der Waals surface area contributed by atoms with Crippen molar-refractivity contribution in [2.75, 3.05) is 0 Å². The average molecular weight is 217 g/mol. The molecule has 1 unspecified atom stereocenters. The van der Waals surface area contributed by atoms with Gasteiger partial charge in [0.25, 0.3) is 0 Å². The Hall–Kier alpha value is -1.74. The van der Waals surface area contributed by atoms with Crippen molar-refractivity contribution >= 4 is 10.8 Å². The Morgan fingerprint density at radius 3 is 2.56 bits per heavy atom. The van der Waals surface area contributed by atoms with Crippen LogP contribution in [0.25, 0.3) is 10.8 Å². The summed E-state index contributed by atoms with van der Waals surface area (Å²) in [4.78, 5) is 0. The van der Waals surface area contributed by atoms with E-state index in [9.17, 15) is 10.2 Å². The van der Waals surface area contributed by atoms with Crippen molar-refractivity contribution in [2.45, 2.75) is 19.4 Å². The molecule has 0 spiro atoms. The molecule has 0 aliphatic heterocycles. The van der Waals surface area contributed by atoms with E-state index in [0.29, 0.717) is 17.2 Å². The van der Waals surface area contributed by atoms with E-state index in [0.717, 1.165) is 5.56 Å². The number of fused-ring (bicyclic) bond motifs is 1. The summed E-state index contributed by atoms with van der Waals surface area (Å²) < 4.78 is 0. The van der Waals surface area contributed by atoms with Crippen LogP contribution >= 0.6 is 0 Å². The number of rotatable bonds is 2. The van der Waals surface area contributed by atoms with Crippen LogP contribution in [0.5, 0.6) is 11.5 Å². The second kappa shape index (κ2) is 4.02. The number of nitrogens with two attached hydrogens (primary N) is 1. The molecule has 0 radical (unpaired) electrons. The lowest BCUT2D eigenvalue weighted by Gasteiger charge is -2.11. The fraction of sp³-hybridized carbons (Fsp3) is 0.231. The smallest absolute Gasteiger partial charge is 0.123 e. The van der Waals surface area contributed by atoms with Gasteiger partial charge in [-0.2, -0.15) is 0 Å². The molecule has 0 aliphatic rings. The Kier molecular flexibility index (Phi) is 2.71. The zero-order chi connectivity index (χ0) is 11.7. The summed E-state index contributed by atoms with van der Waals surface area (Å²) in [6.07, 6.45) is 0.675. The maximum Gasteiger partial charge on any atom is 0.123 e. The minimum atomic E-state index is 0.0207. The molecule has 16 heavy (non-hydrogen) atoms. The van der Waals surface area contributed by atoms with E-state index >= 15 is 0 Å². The van der Waals surface area contributed by atoms with Crippen LogP contribution in [0.1, 0.15) is 12.5 Å². The average Bonchev–Trinajstić information content (AvgIpc) is 2.22. The summed E-state index contributed by atoms with van der Waals surface area (Å²) in [5, 5.41) is 20.9. The van der Waals surface area contributed by atoms with Gasteiger partial charge in [0, 0.05) is 16.8 Å². The molecule has 2 rings (SSSR count). The van der Waals surface area contributed by atoms with Crippen molar-refractivity contribution in [3.05, 3.63) is 35.9 Å². The lowest BCUT2D eigenvalue weighted by atomic mass is 9.98. The zero-order valence-corrected chi connectivity index (χ0v) is 9.14. The molecule has 0 fully saturated rings. The van der Waals surface area contributed by atoms with Gasteiger partial charge in [0.15, 0.2) is 0 Å². The Morgan fingerprint density at radius 1 is 1.12 bits per heavy atom. The molecule has 3 nitrogen and oxygen atoms in total. The first-order valence-corrected chi connectivity index (χ1v) is 5.27. The number of phenolic OH excluding ortho intramolecular Hbond substituents is 2. The van der Waals surface area contributed by atoms with Gasteiger partial charge in [-0.25, -0.2) is 0 Å². The molecule has 1 atom stereocenters. The van der Waals surface area contributed by atoms with E-state index in [4.69, 9.17) is 5.73 Å². The molecule has 0 saturated carbocycles.